The molecule has 2 atom stereocenters. The normalized spacial score (nSPS) is 21.4. The largest absolute Gasteiger partial charge is 0.494 e. The van der Waals surface area contributed by atoms with Gasteiger partial charge in [-0.25, -0.2) is 9.78 Å². The third-order valence-electron chi connectivity index (χ3n) is 7.86. The second-order valence-electron chi connectivity index (χ2n) is 10.2. The van der Waals surface area contributed by atoms with E-state index >= 15 is 0 Å². The van der Waals surface area contributed by atoms with Crippen LogP contribution < -0.4 is 20.3 Å². The van der Waals surface area contributed by atoms with E-state index in [0.29, 0.717) is 18.7 Å². The standard InChI is InChI=1S/C29H34N4O2S/c1-3-35-23-14-15-24-25(16-23)33(22-8-5-9-22)27(26(24)28-30-18(2)17-36-28)19-10-12-21(13-11-19)32-29(34)31-20-6-4-7-20/h10-17,20,22,26-27H,3-9H2,1-2H3,(H2,31,32,34). The number of aromatic nitrogens is 1. The fraction of sp³-hybridized carbons (Fsp3) is 0.448. The Morgan fingerprint density at radius 2 is 1.89 bits per heavy atom. The number of ether oxygens (including phenoxy) is 1. The first-order valence-electron chi connectivity index (χ1n) is 13.3. The number of hydrogen-bond acceptors (Lipinski definition) is 5. The lowest BCUT2D eigenvalue weighted by molar-refractivity contribution is 0.240. The van der Waals surface area contributed by atoms with Crippen LogP contribution in [0.5, 0.6) is 5.75 Å². The molecule has 2 fully saturated rings. The molecule has 1 aliphatic heterocycles. The maximum absolute atomic E-state index is 12.4. The smallest absolute Gasteiger partial charge is 0.319 e. The molecule has 0 radical (unpaired) electrons. The van der Waals surface area contributed by atoms with Gasteiger partial charge in [0.1, 0.15) is 10.8 Å². The maximum atomic E-state index is 12.4. The molecule has 2 amide bonds. The molecule has 0 spiro atoms. The summed E-state index contributed by atoms with van der Waals surface area (Å²) in [4.78, 5) is 20.0. The van der Waals surface area contributed by atoms with Crippen LogP contribution in [0.25, 0.3) is 0 Å². The Balaban J connectivity index is 1.35. The molecule has 0 bridgehead atoms. The van der Waals surface area contributed by atoms with Gasteiger partial charge < -0.3 is 20.3 Å². The van der Waals surface area contributed by atoms with Crippen molar-refractivity contribution in [3.63, 3.8) is 0 Å². The van der Waals surface area contributed by atoms with E-state index in [1.165, 1.54) is 42.5 Å². The van der Waals surface area contributed by atoms with Gasteiger partial charge in [0, 0.05) is 40.6 Å². The average Bonchev–Trinajstić information content (AvgIpc) is 3.37. The minimum Gasteiger partial charge on any atom is -0.494 e. The van der Waals surface area contributed by atoms with E-state index < -0.39 is 0 Å². The zero-order valence-corrected chi connectivity index (χ0v) is 21.8. The number of nitrogens with one attached hydrogen (secondary N) is 2. The molecule has 6 nitrogen and oxygen atoms in total. The molecule has 2 aliphatic carbocycles. The first kappa shape index (κ1) is 23.3. The highest BCUT2D eigenvalue weighted by Gasteiger charge is 2.46. The molecule has 2 saturated carbocycles. The number of fused-ring (bicyclic) bond motifs is 1. The highest BCUT2D eigenvalue weighted by atomic mass is 32.1. The summed E-state index contributed by atoms with van der Waals surface area (Å²) in [6, 6.07) is 15.9. The van der Waals surface area contributed by atoms with Crippen molar-refractivity contribution in [2.45, 2.75) is 76.4 Å². The number of amides is 2. The van der Waals surface area contributed by atoms with Crippen LogP contribution in [0.15, 0.2) is 47.8 Å². The molecular weight excluding hydrogens is 468 g/mol. The van der Waals surface area contributed by atoms with Gasteiger partial charge in [0.2, 0.25) is 0 Å². The summed E-state index contributed by atoms with van der Waals surface area (Å²) < 4.78 is 5.90. The number of hydrogen-bond donors (Lipinski definition) is 2. The van der Waals surface area contributed by atoms with Crippen LogP contribution in [-0.2, 0) is 0 Å². The van der Waals surface area contributed by atoms with E-state index in [1.807, 2.05) is 19.1 Å². The number of carbonyl (C=O) groups excluding carboxylic acids is 1. The number of carbonyl (C=O) groups is 1. The quantitative estimate of drug-likeness (QED) is 0.374. The third kappa shape index (κ3) is 4.34. The Morgan fingerprint density at radius 3 is 2.50 bits per heavy atom. The van der Waals surface area contributed by atoms with E-state index in [9.17, 15) is 4.79 Å². The molecule has 188 valence electrons. The van der Waals surface area contributed by atoms with Gasteiger partial charge in [-0.2, -0.15) is 0 Å². The molecule has 3 aliphatic rings. The summed E-state index contributed by atoms with van der Waals surface area (Å²) in [5.74, 6) is 1.09. The van der Waals surface area contributed by atoms with Gasteiger partial charge in [-0.05, 0) is 81.7 Å². The number of anilines is 2. The monoisotopic (exact) mass is 502 g/mol. The first-order chi connectivity index (χ1) is 17.6. The number of benzene rings is 2. The van der Waals surface area contributed by atoms with Gasteiger partial charge in [0.25, 0.3) is 0 Å². The number of nitrogens with zero attached hydrogens (tertiary/aromatic N) is 2. The van der Waals surface area contributed by atoms with Crippen molar-refractivity contribution in [1.29, 1.82) is 0 Å². The zero-order chi connectivity index (χ0) is 24.6. The molecule has 3 aromatic rings. The minimum absolute atomic E-state index is 0.114. The van der Waals surface area contributed by atoms with Gasteiger partial charge in [0.05, 0.1) is 18.6 Å². The number of aryl methyl sites for hydroxylation is 1. The van der Waals surface area contributed by atoms with E-state index in [0.717, 1.165) is 35.0 Å². The van der Waals surface area contributed by atoms with E-state index in [-0.39, 0.29) is 18.0 Å². The van der Waals surface area contributed by atoms with E-state index in [2.05, 4.69) is 58.2 Å². The number of thiazole rings is 1. The van der Waals surface area contributed by atoms with E-state index in [1.54, 1.807) is 11.3 Å². The Bertz CT molecular complexity index is 1230. The molecule has 0 saturated heterocycles. The van der Waals surface area contributed by atoms with Gasteiger partial charge in [0.15, 0.2) is 0 Å². The Kier molecular flexibility index (Phi) is 6.34. The highest BCUT2D eigenvalue weighted by molar-refractivity contribution is 7.09. The Labute approximate surface area is 217 Å². The SMILES string of the molecule is CCOc1ccc2c(c1)N(C1CCC1)C(c1ccc(NC(=O)NC3CCC3)cc1)C2c1nc(C)cs1. The van der Waals surface area contributed by atoms with Crippen LogP contribution in [0.1, 0.15) is 79.2 Å². The van der Waals surface area contributed by atoms with Gasteiger partial charge in [-0.1, -0.05) is 18.2 Å². The highest BCUT2D eigenvalue weighted by Crippen LogP contribution is 2.56. The summed E-state index contributed by atoms with van der Waals surface area (Å²) in [7, 11) is 0. The van der Waals surface area contributed by atoms with Crippen LogP contribution in [0.2, 0.25) is 0 Å². The Morgan fingerprint density at radius 1 is 1.11 bits per heavy atom. The number of rotatable bonds is 7. The fourth-order valence-electron chi connectivity index (χ4n) is 5.64. The van der Waals surface area contributed by atoms with Crippen molar-refractivity contribution in [3.8, 4) is 5.75 Å². The van der Waals surface area contributed by atoms with Gasteiger partial charge in [-0.3, -0.25) is 0 Å². The molecule has 6 rings (SSSR count). The maximum Gasteiger partial charge on any atom is 0.319 e. The van der Waals surface area contributed by atoms with Crippen molar-refractivity contribution in [2.24, 2.45) is 0 Å². The molecule has 2 N–H and O–H groups in total. The van der Waals surface area contributed by atoms with Crippen LogP contribution in [0.3, 0.4) is 0 Å². The predicted molar refractivity (Wildman–Crippen MR) is 145 cm³/mol. The summed E-state index contributed by atoms with van der Waals surface area (Å²) >= 11 is 1.75. The van der Waals surface area contributed by atoms with Crippen molar-refractivity contribution in [2.75, 3.05) is 16.8 Å². The summed E-state index contributed by atoms with van der Waals surface area (Å²) in [6.07, 6.45) is 7.04. The summed E-state index contributed by atoms with van der Waals surface area (Å²) in [5.41, 5.74) is 5.74. The second-order valence-corrected chi connectivity index (χ2v) is 11.1. The molecule has 36 heavy (non-hydrogen) atoms. The first-order valence-corrected chi connectivity index (χ1v) is 14.1. The van der Waals surface area contributed by atoms with Crippen molar-refractivity contribution < 1.29 is 9.53 Å². The molecule has 7 heteroatoms. The lowest BCUT2D eigenvalue weighted by atomic mass is 9.87. The Hall–Kier alpha value is -3.06. The second kappa shape index (κ2) is 9.77. The van der Waals surface area contributed by atoms with Crippen LogP contribution in [-0.4, -0.2) is 29.7 Å². The zero-order valence-electron chi connectivity index (χ0n) is 21.0. The van der Waals surface area contributed by atoms with Gasteiger partial charge in [-0.15, -0.1) is 11.3 Å². The third-order valence-corrected chi connectivity index (χ3v) is 8.91. The molecule has 2 unspecified atom stereocenters. The molecule has 2 heterocycles. The predicted octanol–water partition coefficient (Wildman–Crippen LogP) is 6.77. The van der Waals surface area contributed by atoms with Crippen LogP contribution in [0.4, 0.5) is 16.2 Å². The van der Waals surface area contributed by atoms with Crippen molar-refractivity contribution in [3.05, 3.63) is 69.7 Å². The summed E-state index contributed by atoms with van der Waals surface area (Å²) in [5, 5.41) is 9.37. The molecular formula is C29H34N4O2S. The summed E-state index contributed by atoms with van der Waals surface area (Å²) in [6.45, 7) is 4.76. The van der Waals surface area contributed by atoms with Crippen molar-refractivity contribution in [1.82, 2.24) is 10.3 Å². The number of urea groups is 1. The average molecular weight is 503 g/mol. The molecule has 2 aromatic carbocycles. The minimum atomic E-state index is -0.114. The lowest BCUT2D eigenvalue weighted by Gasteiger charge is -2.42. The van der Waals surface area contributed by atoms with Crippen LogP contribution in [0, 0.1) is 6.92 Å². The molecule has 1 aromatic heterocycles. The fourth-order valence-corrected chi connectivity index (χ4v) is 6.58. The lowest BCUT2D eigenvalue weighted by Crippen LogP contribution is -2.42. The van der Waals surface area contributed by atoms with Gasteiger partial charge >= 0.3 is 6.03 Å². The topological polar surface area (TPSA) is 66.5 Å². The van der Waals surface area contributed by atoms with E-state index in [4.69, 9.17) is 9.72 Å². The van der Waals surface area contributed by atoms with Crippen molar-refractivity contribution >= 4 is 28.7 Å². The van der Waals surface area contributed by atoms with Crippen LogP contribution >= 0.6 is 11.3 Å².